The third-order valence-corrected chi connectivity index (χ3v) is 4.57. The third kappa shape index (κ3) is 3.20. The van der Waals surface area contributed by atoms with E-state index in [9.17, 15) is 0 Å². The van der Waals surface area contributed by atoms with Crippen LogP contribution >= 0.6 is 11.3 Å². The lowest BCUT2D eigenvalue weighted by Crippen LogP contribution is -2.21. The second kappa shape index (κ2) is 6.39. The second-order valence-corrected chi connectivity index (χ2v) is 6.63. The largest absolute Gasteiger partial charge is 0.359 e. The Hall–Kier alpha value is -1.36. The van der Waals surface area contributed by atoms with Crippen LogP contribution < -0.4 is 10.2 Å². The summed E-state index contributed by atoms with van der Waals surface area (Å²) in [6, 6.07) is 2.24. The molecule has 110 valence electrons. The van der Waals surface area contributed by atoms with Gasteiger partial charge in [-0.2, -0.15) is 4.98 Å². The number of thiophene rings is 1. The lowest BCUT2D eigenvalue weighted by Gasteiger charge is -2.20. The number of fused-ring (bicyclic) bond motifs is 1. The van der Waals surface area contributed by atoms with Crippen LogP contribution in [0.25, 0.3) is 10.2 Å². The monoisotopic (exact) mass is 292 g/mol. The molecule has 2 rings (SSSR count). The molecule has 20 heavy (non-hydrogen) atoms. The fraction of sp³-hybridized carbons (Fsp3) is 0.600. The zero-order valence-electron chi connectivity index (χ0n) is 13.0. The van der Waals surface area contributed by atoms with Crippen molar-refractivity contribution in [1.82, 2.24) is 9.97 Å². The molecule has 0 spiro atoms. The van der Waals surface area contributed by atoms with Gasteiger partial charge in [-0.25, -0.2) is 4.98 Å². The average molecular weight is 292 g/mol. The molecule has 1 N–H and O–H groups in total. The molecule has 2 aromatic heterocycles. The van der Waals surface area contributed by atoms with Gasteiger partial charge in [-0.3, -0.25) is 0 Å². The van der Waals surface area contributed by atoms with Crippen LogP contribution in [-0.4, -0.2) is 30.6 Å². The maximum absolute atomic E-state index is 4.66. The van der Waals surface area contributed by atoms with Gasteiger partial charge in [0.2, 0.25) is 5.95 Å². The van der Waals surface area contributed by atoms with Crippen molar-refractivity contribution in [2.75, 3.05) is 30.9 Å². The Morgan fingerprint density at radius 1 is 1.35 bits per heavy atom. The van der Waals surface area contributed by atoms with Gasteiger partial charge in [-0.1, -0.05) is 20.8 Å². The Kier molecular flexibility index (Phi) is 4.81. The van der Waals surface area contributed by atoms with Gasteiger partial charge in [0.15, 0.2) is 0 Å². The van der Waals surface area contributed by atoms with E-state index in [0.29, 0.717) is 11.9 Å². The van der Waals surface area contributed by atoms with E-state index < -0.39 is 0 Å². The number of nitrogens with zero attached hydrogens (tertiary/aromatic N) is 3. The van der Waals surface area contributed by atoms with Gasteiger partial charge in [0.05, 0.1) is 5.39 Å². The van der Waals surface area contributed by atoms with Crippen LogP contribution in [-0.2, 0) is 6.42 Å². The van der Waals surface area contributed by atoms with Crippen molar-refractivity contribution in [2.24, 2.45) is 5.92 Å². The number of rotatable bonds is 6. The Morgan fingerprint density at radius 2 is 2.10 bits per heavy atom. The van der Waals surface area contributed by atoms with Crippen molar-refractivity contribution in [3.05, 3.63) is 10.9 Å². The van der Waals surface area contributed by atoms with Crippen LogP contribution in [0.4, 0.5) is 11.8 Å². The van der Waals surface area contributed by atoms with Gasteiger partial charge in [-0.15, -0.1) is 11.3 Å². The highest BCUT2D eigenvalue weighted by atomic mass is 32.1. The van der Waals surface area contributed by atoms with Crippen LogP contribution in [0.15, 0.2) is 6.07 Å². The van der Waals surface area contributed by atoms with Crippen molar-refractivity contribution in [1.29, 1.82) is 0 Å². The van der Waals surface area contributed by atoms with Crippen molar-refractivity contribution in [2.45, 2.75) is 33.6 Å². The first-order valence-electron chi connectivity index (χ1n) is 7.24. The molecule has 0 fully saturated rings. The highest BCUT2D eigenvalue weighted by Gasteiger charge is 2.14. The van der Waals surface area contributed by atoms with E-state index in [-0.39, 0.29) is 0 Å². The van der Waals surface area contributed by atoms with E-state index in [4.69, 9.17) is 0 Å². The summed E-state index contributed by atoms with van der Waals surface area (Å²) >= 11 is 1.76. The number of hydrogen-bond donors (Lipinski definition) is 1. The van der Waals surface area contributed by atoms with Crippen LogP contribution in [0.5, 0.6) is 0 Å². The summed E-state index contributed by atoms with van der Waals surface area (Å²) in [5, 5.41) is 4.24. The van der Waals surface area contributed by atoms with Crippen LogP contribution in [0.3, 0.4) is 0 Å². The Morgan fingerprint density at radius 3 is 2.70 bits per heavy atom. The minimum Gasteiger partial charge on any atom is -0.359 e. The molecule has 0 amide bonds. The zero-order valence-corrected chi connectivity index (χ0v) is 13.8. The van der Waals surface area contributed by atoms with E-state index in [1.54, 1.807) is 11.3 Å². The summed E-state index contributed by atoms with van der Waals surface area (Å²) in [6.07, 6.45) is 2.21. The number of hydrogen-bond acceptors (Lipinski definition) is 5. The fourth-order valence-electron chi connectivity index (χ4n) is 2.09. The van der Waals surface area contributed by atoms with Crippen LogP contribution in [0.2, 0.25) is 0 Å². The van der Waals surface area contributed by atoms with Crippen molar-refractivity contribution in [3.8, 4) is 0 Å². The van der Waals surface area contributed by atoms with Crippen molar-refractivity contribution >= 4 is 33.3 Å². The molecular weight excluding hydrogens is 268 g/mol. The molecule has 2 aromatic rings. The van der Waals surface area contributed by atoms with Crippen LogP contribution in [0, 0.1) is 5.92 Å². The quantitative estimate of drug-likeness (QED) is 0.879. The molecule has 2 heterocycles. The number of aryl methyl sites for hydroxylation is 1. The molecule has 0 saturated heterocycles. The first kappa shape index (κ1) is 15.0. The van der Waals surface area contributed by atoms with Gasteiger partial charge in [0.25, 0.3) is 0 Å². The predicted molar refractivity (Wildman–Crippen MR) is 89.1 cm³/mol. The Bertz CT molecular complexity index is 577. The summed E-state index contributed by atoms with van der Waals surface area (Å²) < 4.78 is 0. The molecule has 0 aliphatic carbocycles. The summed E-state index contributed by atoms with van der Waals surface area (Å²) in [5.41, 5.74) is 0. The van der Waals surface area contributed by atoms with E-state index >= 15 is 0 Å². The first-order valence-corrected chi connectivity index (χ1v) is 8.06. The molecule has 5 heteroatoms. The summed E-state index contributed by atoms with van der Waals surface area (Å²) in [7, 11) is 3.99. The number of nitrogens with one attached hydrogen (secondary N) is 1. The standard InChI is InChI=1S/C15H24N4S/c1-6-11-9-12-13(19(5)8-7-10(2)3)17-15(16-4)18-14(12)20-11/h9-10H,6-8H2,1-5H3,(H,16,17,18). The topological polar surface area (TPSA) is 41.1 Å². The summed E-state index contributed by atoms with van der Waals surface area (Å²) in [5.74, 6) is 2.44. The molecule has 0 unspecified atom stereocenters. The lowest BCUT2D eigenvalue weighted by molar-refractivity contribution is 0.584. The Balaban J connectivity index is 2.40. The second-order valence-electron chi connectivity index (χ2n) is 5.51. The molecule has 0 aliphatic rings. The van der Waals surface area contributed by atoms with Gasteiger partial charge < -0.3 is 10.2 Å². The van der Waals surface area contributed by atoms with Crippen molar-refractivity contribution < 1.29 is 0 Å². The van der Waals surface area contributed by atoms with Gasteiger partial charge >= 0.3 is 0 Å². The van der Waals surface area contributed by atoms with E-state index in [1.807, 2.05) is 7.05 Å². The minimum atomic E-state index is 0.701. The van der Waals surface area contributed by atoms with E-state index in [0.717, 1.165) is 23.6 Å². The maximum Gasteiger partial charge on any atom is 0.225 e. The van der Waals surface area contributed by atoms with E-state index in [1.165, 1.54) is 16.7 Å². The molecule has 4 nitrogen and oxygen atoms in total. The normalized spacial score (nSPS) is 11.3. The van der Waals surface area contributed by atoms with Gasteiger partial charge in [0, 0.05) is 25.5 Å². The zero-order chi connectivity index (χ0) is 14.7. The number of aromatic nitrogens is 2. The first-order chi connectivity index (χ1) is 9.55. The maximum atomic E-state index is 4.66. The molecule has 0 bridgehead atoms. The average Bonchev–Trinajstić information content (AvgIpc) is 2.86. The highest BCUT2D eigenvalue weighted by molar-refractivity contribution is 7.18. The summed E-state index contributed by atoms with van der Waals surface area (Å²) in [4.78, 5) is 13.9. The molecule has 0 atom stereocenters. The predicted octanol–water partition coefficient (Wildman–Crippen LogP) is 3.78. The third-order valence-electron chi connectivity index (χ3n) is 3.40. The highest BCUT2D eigenvalue weighted by Crippen LogP contribution is 2.32. The van der Waals surface area contributed by atoms with Crippen molar-refractivity contribution in [3.63, 3.8) is 0 Å². The SMILES string of the molecule is CCc1cc2c(N(C)CCC(C)C)nc(NC)nc2s1. The lowest BCUT2D eigenvalue weighted by atomic mass is 10.1. The fourth-order valence-corrected chi connectivity index (χ4v) is 3.05. The Labute approximate surface area is 125 Å². The van der Waals surface area contributed by atoms with Gasteiger partial charge in [0.1, 0.15) is 10.6 Å². The van der Waals surface area contributed by atoms with Gasteiger partial charge in [-0.05, 0) is 24.8 Å². The minimum absolute atomic E-state index is 0.701. The smallest absolute Gasteiger partial charge is 0.225 e. The molecular formula is C15H24N4S. The summed E-state index contributed by atoms with van der Waals surface area (Å²) in [6.45, 7) is 7.70. The molecule has 0 saturated carbocycles. The van der Waals surface area contributed by atoms with Crippen LogP contribution in [0.1, 0.15) is 32.1 Å². The molecule has 0 aromatic carbocycles. The molecule has 0 aliphatic heterocycles. The molecule has 0 radical (unpaired) electrons. The number of anilines is 2. The van der Waals surface area contributed by atoms with E-state index in [2.05, 4.69) is 54.1 Å².